The highest BCUT2D eigenvalue weighted by atomic mass is 16.4. The van der Waals surface area contributed by atoms with Gasteiger partial charge in [0.25, 0.3) is 0 Å². The maximum Gasteiger partial charge on any atom is 0.326 e. The zero-order valence-corrected chi connectivity index (χ0v) is 20.3. The van der Waals surface area contributed by atoms with Gasteiger partial charge in [0.2, 0.25) is 23.6 Å². The maximum absolute atomic E-state index is 12.9. The molecule has 6 atom stereocenters. The first kappa shape index (κ1) is 29.2. The van der Waals surface area contributed by atoms with E-state index in [9.17, 15) is 39.3 Å². The minimum absolute atomic E-state index is 0.0876. The lowest BCUT2D eigenvalue weighted by Gasteiger charge is -2.27. The number of aliphatic carboxylic acids is 1. The Kier molecular flexibility index (Phi) is 10.1. The number of H-pyrrole nitrogens is 1. The molecule has 1 aromatic heterocycles. The topological polar surface area (TPSA) is 250 Å². The number of amides is 4. The van der Waals surface area contributed by atoms with Crippen LogP contribution in [0.15, 0.2) is 30.5 Å². The van der Waals surface area contributed by atoms with E-state index < -0.39 is 72.4 Å². The normalized spacial score (nSPS) is 16.0. The van der Waals surface area contributed by atoms with Gasteiger partial charge >= 0.3 is 5.97 Å². The Bertz CT molecular complexity index is 1150. The number of aliphatic hydroxyl groups excluding tert-OH is 2. The van der Waals surface area contributed by atoms with Gasteiger partial charge in [0.15, 0.2) is 0 Å². The zero-order chi connectivity index (χ0) is 27.9. The third-order valence-electron chi connectivity index (χ3n) is 5.60. The summed E-state index contributed by atoms with van der Waals surface area (Å²) in [5.41, 5.74) is 12.0. The molecule has 0 spiro atoms. The van der Waals surface area contributed by atoms with Crippen molar-refractivity contribution in [2.45, 2.75) is 63.1 Å². The number of rotatable bonds is 13. The monoisotopic (exact) mass is 520 g/mol. The van der Waals surface area contributed by atoms with E-state index >= 15 is 0 Å². The fourth-order valence-corrected chi connectivity index (χ4v) is 3.61. The number of hydrogen-bond acceptors (Lipinski definition) is 8. The van der Waals surface area contributed by atoms with Crippen LogP contribution in [0, 0.1) is 0 Å². The van der Waals surface area contributed by atoms with Gasteiger partial charge < -0.3 is 47.7 Å². The van der Waals surface area contributed by atoms with Crippen LogP contribution in [0.25, 0.3) is 10.9 Å². The van der Waals surface area contributed by atoms with Crippen molar-refractivity contribution in [1.82, 2.24) is 20.9 Å². The molecule has 0 aliphatic heterocycles. The Labute approximate surface area is 211 Å². The molecule has 2 aromatic rings. The Hall–Kier alpha value is -4.01. The summed E-state index contributed by atoms with van der Waals surface area (Å²) in [5.74, 6) is -5.21. The summed E-state index contributed by atoms with van der Waals surface area (Å²) in [7, 11) is 0. The summed E-state index contributed by atoms with van der Waals surface area (Å²) in [4.78, 5) is 63.7. The number of carboxylic acid groups (broad SMARTS) is 1. The first-order valence-electron chi connectivity index (χ1n) is 11.4. The number of carboxylic acids is 1. The van der Waals surface area contributed by atoms with Crippen molar-refractivity contribution < 1.29 is 39.3 Å². The van der Waals surface area contributed by atoms with Crippen molar-refractivity contribution in [1.29, 1.82) is 0 Å². The Morgan fingerprint density at radius 1 is 0.919 bits per heavy atom. The number of para-hydroxylation sites is 1. The van der Waals surface area contributed by atoms with Gasteiger partial charge in [-0.25, -0.2) is 4.79 Å². The van der Waals surface area contributed by atoms with Crippen LogP contribution >= 0.6 is 0 Å². The number of carbonyl (C=O) groups is 5. The van der Waals surface area contributed by atoms with Crippen molar-refractivity contribution >= 4 is 40.5 Å². The fraction of sp³-hybridized carbons (Fsp3) is 0.435. The summed E-state index contributed by atoms with van der Waals surface area (Å²) < 4.78 is 0. The number of aromatic nitrogens is 1. The summed E-state index contributed by atoms with van der Waals surface area (Å²) >= 11 is 0. The minimum Gasteiger partial charge on any atom is -0.480 e. The molecule has 37 heavy (non-hydrogen) atoms. The molecule has 0 fully saturated rings. The van der Waals surface area contributed by atoms with Crippen molar-refractivity contribution in [2.24, 2.45) is 11.5 Å². The number of carbonyl (C=O) groups excluding carboxylic acids is 4. The van der Waals surface area contributed by atoms with Crippen molar-refractivity contribution in [3.63, 3.8) is 0 Å². The molecular formula is C23H32N6O8. The van der Waals surface area contributed by atoms with Crippen molar-refractivity contribution in [3.05, 3.63) is 36.0 Å². The van der Waals surface area contributed by atoms with Gasteiger partial charge in [0.05, 0.1) is 24.7 Å². The van der Waals surface area contributed by atoms with Crippen molar-refractivity contribution in [2.75, 3.05) is 0 Å². The highest BCUT2D eigenvalue weighted by Crippen LogP contribution is 2.19. The lowest BCUT2D eigenvalue weighted by Crippen LogP contribution is -2.62. The van der Waals surface area contributed by atoms with E-state index in [4.69, 9.17) is 11.5 Å². The van der Waals surface area contributed by atoms with Gasteiger partial charge in [-0.05, 0) is 25.5 Å². The van der Waals surface area contributed by atoms with E-state index in [1.165, 1.54) is 13.8 Å². The van der Waals surface area contributed by atoms with Gasteiger partial charge in [0, 0.05) is 23.5 Å². The Morgan fingerprint density at radius 2 is 1.46 bits per heavy atom. The third-order valence-corrected chi connectivity index (χ3v) is 5.60. The van der Waals surface area contributed by atoms with Crippen LogP contribution in [0.5, 0.6) is 0 Å². The van der Waals surface area contributed by atoms with E-state index in [-0.39, 0.29) is 6.42 Å². The average molecular weight is 521 g/mol. The Morgan fingerprint density at radius 3 is 2.00 bits per heavy atom. The van der Waals surface area contributed by atoms with E-state index in [1.54, 1.807) is 18.3 Å². The predicted molar refractivity (Wildman–Crippen MR) is 131 cm³/mol. The predicted octanol–water partition coefficient (Wildman–Crippen LogP) is -2.79. The lowest BCUT2D eigenvalue weighted by molar-refractivity contribution is -0.143. The molecule has 202 valence electrons. The Balaban J connectivity index is 2.14. The quantitative estimate of drug-likeness (QED) is 0.132. The second-order valence-electron chi connectivity index (χ2n) is 8.69. The number of hydrogen-bond donors (Lipinski definition) is 9. The molecule has 6 unspecified atom stereocenters. The number of fused-ring (bicyclic) bond motifs is 1. The van der Waals surface area contributed by atoms with Gasteiger partial charge in [0.1, 0.15) is 18.1 Å². The van der Waals surface area contributed by atoms with Crippen LogP contribution in [-0.4, -0.2) is 86.3 Å². The number of nitrogens with one attached hydrogen (secondary N) is 4. The minimum atomic E-state index is -1.63. The second kappa shape index (κ2) is 12.8. The SMILES string of the molecule is CC(O)C(NC(=O)C(N)CC(N)=O)C(=O)NC(C(=O)NC(Cc1c[nH]c2ccccc12)C(=O)O)C(C)O. The molecule has 2 rings (SSSR count). The van der Waals surface area contributed by atoms with E-state index in [1.807, 2.05) is 12.1 Å². The largest absolute Gasteiger partial charge is 0.480 e. The highest BCUT2D eigenvalue weighted by molar-refractivity contribution is 5.95. The fourth-order valence-electron chi connectivity index (χ4n) is 3.61. The first-order valence-corrected chi connectivity index (χ1v) is 11.4. The van der Waals surface area contributed by atoms with Gasteiger partial charge in [-0.2, -0.15) is 0 Å². The van der Waals surface area contributed by atoms with E-state index in [0.717, 1.165) is 10.9 Å². The number of aliphatic hydroxyl groups is 2. The number of aromatic amines is 1. The molecule has 1 heterocycles. The summed E-state index contributed by atoms with van der Waals surface area (Å²) in [6.07, 6.45) is -1.91. The van der Waals surface area contributed by atoms with E-state index in [0.29, 0.717) is 5.56 Å². The van der Waals surface area contributed by atoms with Crippen LogP contribution in [0.1, 0.15) is 25.8 Å². The highest BCUT2D eigenvalue weighted by Gasteiger charge is 2.34. The summed E-state index contributed by atoms with van der Waals surface area (Å²) in [6, 6.07) is 1.17. The summed E-state index contributed by atoms with van der Waals surface area (Å²) in [6.45, 7) is 2.38. The van der Waals surface area contributed by atoms with E-state index in [2.05, 4.69) is 20.9 Å². The lowest BCUT2D eigenvalue weighted by atomic mass is 10.0. The molecule has 0 radical (unpaired) electrons. The third kappa shape index (κ3) is 7.99. The van der Waals surface area contributed by atoms with Gasteiger partial charge in [-0.3, -0.25) is 19.2 Å². The standard InChI is InChI=1S/C23H32N6O8/c1-10(30)18(29-22(35)19(11(2)31)28-20(33)14(24)8-17(25)32)21(34)27-16(23(36)37)7-12-9-26-15-6-4-3-5-13(12)15/h3-6,9-11,14,16,18-19,26,30-31H,7-8,24H2,1-2H3,(H2,25,32)(H,27,34)(H,28,33)(H,29,35)(H,36,37). The molecule has 14 heteroatoms. The zero-order valence-electron chi connectivity index (χ0n) is 20.3. The maximum atomic E-state index is 12.9. The molecule has 4 amide bonds. The molecule has 11 N–H and O–H groups in total. The van der Waals surface area contributed by atoms with Crippen molar-refractivity contribution in [3.8, 4) is 0 Å². The molecule has 1 aromatic carbocycles. The number of nitrogens with two attached hydrogens (primary N) is 2. The molecule has 0 bridgehead atoms. The molecule has 0 aliphatic rings. The van der Waals surface area contributed by atoms with Crippen LogP contribution in [0.3, 0.4) is 0 Å². The van der Waals surface area contributed by atoms with Crippen LogP contribution in [0.2, 0.25) is 0 Å². The second-order valence-corrected chi connectivity index (χ2v) is 8.69. The molecule has 0 saturated heterocycles. The molecule has 0 aliphatic carbocycles. The smallest absolute Gasteiger partial charge is 0.326 e. The van der Waals surface area contributed by atoms with Gasteiger partial charge in [-0.1, -0.05) is 18.2 Å². The van der Waals surface area contributed by atoms with Crippen LogP contribution < -0.4 is 27.4 Å². The van der Waals surface area contributed by atoms with Crippen LogP contribution in [0.4, 0.5) is 0 Å². The molecule has 14 nitrogen and oxygen atoms in total. The number of primary amides is 1. The summed E-state index contributed by atoms with van der Waals surface area (Å²) in [5, 5.41) is 37.2. The number of benzene rings is 1. The van der Waals surface area contributed by atoms with Gasteiger partial charge in [-0.15, -0.1) is 0 Å². The first-order chi connectivity index (χ1) is 17.3. The molecule has 0 saturated carbocycles. The molecular weight excluding hydrogens is 488 g/mol. The van der Waals surface area contributed by atoms with Crippen LogP contribution in [-0.2, 0) is 30.4 Å². The average Bonchev–Trinajstić information content (AvgIpc) is 3.21.